The summed E-state index contributed by atoms with van der Waals surface area (Å²) in [4.78, 5) is 44.2. The summed E-state index contributed by atoms with van der Waals surface area (Å²) in [6.07, 6.45) is 3.11. The Bertz CT molecular complexity index is 1610. The first-order valence-electron chi connectivity index (χ1n) is 15.9. The van der Waals surface area contributed by atoms with Crippen LogP contribution in [-0.2, 0) is 15.4 Å². The van der Waals surface area contributed by atoms with Gasteiger partial charge in [0.05, 0.1) is 18.2 Å². The number of rotatable bonds is 10. The molecule has 0 spiro atoms. The Morgan fingerprint density at radius 3 is 2.37 bits per heavy atom. The highest BCUT2D eigenvalue weighted by molar-refractivity contribution is 5.94. The van der Waals surface area contributed by atoms with E-state index in [0.29, 0.717) is 39.4 Å². The molecule has 2 atom stereocenters. The number of piperidine rings is 1. The molecule has 17 heteroatoms. The Balaban J connectivity index is 1.28. The molecular weight excluding hydrogens is 652 g/mol. The fourth-order valence-electron chi connectivity index (χ4n) is 5.98. The zero-order valence-electron chi connectivity index (χ0n) is 28.0. The minimum Gasteiger partial charge on any atom is -0.444 e. The van der Waals surface area contributed by atoms with Gasteiger partial charge in [-0.05, 0) is 57.4 Å². The summed E-state index contributed by atoms with van der Waals surface area (Å²) in [6, 6.07) is 2.32. The summed E-state index contributed by atoms with van der Waals surface area (Å²) in [5, 5.41) is 6.17. The van der Waals surface area contributed by atoms with E-state index in [2.05, 4.69) is 25.4 Å². The number of hydrogen-bond donors (Lipinski definition) is 1. The number of hydrogen-bond acceptors (Lipinski definition) is 11. The molecule has 2 saturated heterocycles. The second-order valence-corrected chi connectivity index (χ2v) is 13.2. The normalized spacial score (nSPS) is 18.9. The van der Waals surface area contributed by atoms with E-state index in [1.54, 1.807) is 35.5 Å². The maximum Gasteiger partial charge on any atom is 0.407 e. The number of halogens is 4. The molecule has 1 aromatic carbocycles. The highest BCUT2D eigenvalue weighted by Gasteiger charge is 2.39. The molecule has 5 rings (SSSR count). The SMILES string of the molecule is COCCN(C(=O)c1cnc(N2CC(NC(=O)OC(C)(C)C)C(c3cc(F)ccc3F)C2)nc1)C1CCN(c2nc(C(C)(F)F)no2)CC1. The number of aromatic nitrogens is 4. The van der Waals surface area contributed by atoms with Gasteiger partial charge in [0, 0.05) is 71.1 Å². The number of nitrogens with zero attached hydrogens (tertiary/aromatic N) is 7. The molecule has 2 aliphatic heterocycles. The Kier molecular flexibility index (Phi) is 10.6. The second kappa shape index (κ2) is 14.5. The molecule has 0 aliphatic carbocycles. The first-order valence-corrected chi connectivity index (χ1v) is 15.9. The number of benzene rings is 1. The third kappa shape index (κ3) is 8.74. The van der Waals surface area contributed by atoms with Crippen LogP contribution in [0.15, 0.2) is 35.1 Å². The van der Waals surface area contributed by atoms with Gasteiger partial charge in [-0.1, -0.05) is 5.16 Å². The number of ether oxygens (including phenoxy) is 2. The third-order valence-corrected chi connectivity index (χ3v) is 8.33. The number of carbonyl (C=O) groups excluding carboxylic acids is 2. The first kappa shape index (κ1) is 35.8. The minimum atomic E-state index is -3.23. The molecule has 0 radical (unpaired) electrons. The van der Waals surface area contributed by atoms with Gasteiger partial charge in [-0.2, -0.15) is 13.8 Å². The lowest BCUT2D eigenvalue weighted by Gasteiger charge is -2.37. The van der Waals surface area contributed by atoms with E-state index in [9.17, 15) is 27.2 Å². The summed E-state index contributed by atoms with van der Waals surface area (Å²) in [5.41, 5.74) is -0.447. The fraction of sp³-hybridized carbons (Fsp3) is 0.562. The standard InChI is InChI=1S/C32H40F4N8O5/c1-31(2,3)48-30(46)39-25-18-43(17-23(25)22-14-20(33)6-7-24(22)34)28-37-15-19(16-38-28)26(45)44(12-13-47-5)21-8-10-42(11-9-21)29-40-27(41-49-29)32(4,35)36/h6-7,14-16,21,23,25H,8-13,17-18H2,1-5H3,(H,39,46). The third-order valence-electron chi connectivity index (χ3n) is 8.33. The van der Waals surface area contributed by atoms with E-state index in [-0.39, 0.29) is 54.7 Å². The number of carbonyl (C=O) groups is 2. The predicted molar refractivity (Wildman–Crippen MR) is 169 cm³/mol. The van der Waals surface area contributed by atoms with Crippen molar-refractivity contribution in [1.29, 1.82) is 0 Å². The lowest BCUT2D eigenvalue weighted by molar-refractivity contribution is 0.00557. The maximum absolute atomic E-state index is 14.9. The molecule has 3 aromatic rings. The van der Waals surface area contributed by atoms with E-state index in [1.165, 1.54) is 19.5 Å². The second-order valence-electron chi connectivity index (χ2n) is 13.2. The molecule has 49 heavy (non-hydrogen) atoms. The van der Waals surface area contributed by atoms with Crippen LogP contribution in [0.3, 0.4) is 0 Å². The molecule has 2 unspecified atom stereocenters. The minimum absolute atomic E-state index is 0.00144. The van der Waals surface area contributed by atoms with Crippen LogP contribution >= 0.6 is 0 Å². The van der Waals surface area contributed by atoms with Crippen LogP contribution < -0.4 is 15.1 Å². The highest BCUT2D eigenvalue weighted by Crippen LogP contribution is 2.33. The molecule has 13 nitrogen and oxygen atoms in total. The van der Waals surface area contributed by atoms with E-state index in [0.717, 1.165) is 18.2 Å². The van der Waals surface area contributed by atoms with Crippen LogP contribution in [0.2, 0.25) is 0 Å². The topological polar surface area (TPSA) is 139 Å². The van der Waals surface area contributed by atoms with E-state index < -0.39 is 47.0 Å². The number of alkyl halides is 2. The van der Waals surface area contributed by atoms with Crippen molar-refractivity contribution in [2.75, 3.05) is 56.2 Å². The van der Waals surface area contributed by atoms with Gasteiger partial charge in [-0.15, -0.1) is 0 Å². The highest BCUT2D eigenvalue weighted by atomic mass is 19.3. The van der Waals surface area contributed by atoms with Gasteiger partial charge in [0.1, 0.15) is 17.2 Å². The van der Waals surface area contributed by atoms with Crippen molar-refractivity contribution >= 4 is 24.0 Å². The van der Waals surface area contributed by atoms with Crippen molar-refractivity contribution in [2.24, 2.45) is 0 Å². The average Bonchev–Trinajstić information content (AvgIpc) is 3.70. The average molecular weight is 693 g/mol. The zero-order chi connectivity index (χ0) is 35.5. The van der Waals surface area contributed by atoms with Crippen LogP contribution in [0.4, 0.5) is 34.3 Å². The van der Waals surface area contributed by atoms with Crippen molar-refractivity contribution in [3.05, 3.63) is 59.2 Å². The number of alkyl carbamates (subject to hydrolysis) is 1. The summed E-state index contributed by atoms with van der Waals surface area (Å²) in [7, 11) is 1.53. The van der Waals surface area contributed by atoms with Gasteiger partial charge in [-0.25, -0.2) is 23.5 Å². The molecule has 1 N–H and O–H groups in total. The van der Waals surface area contributed by atoms with Crippen molar-refractivity contribution in [3.8, 4) is 0 Å². The van der Waals surface area contributed by atoms with Gasteiger partial charge in [0.25, 0.3) is 5.91 Å². The van der Waals surface area contributed by atoms with Crippen LogP contribution in [-0.4, -0.2) is 101 Å². The Morgan fingerprint density at radius 1 is 1.06 bits per heavy atom. The van der Waals surface area contributed by atoms with Crippen molar-refractivity contribution in [3.63, 3.8) is 0 Å². The number of nitrogens with one attached hydrogen (secondary N) is 1. The molecule has 0 saturated carbocycles. The Hall–Kier alpha value is -4.54. The van der Waals surface area contributed by atoms with E-state index in [4.69, 9.17) is 14.0 Å². The summed E-state index contributed by atoms with van der Waals surface area (Å²) >= 11 is 0. The zero-order valence-corrected chi connectivity index (χ0v) is 28.0. The van der Waals surface area contributed by atoms with Crippen LogP contribution in [0, 0.1) is 11.6 Å². The van der Waals surface area contributed by atoms with Gasteiger partial charge in [0.15, 0.2) is 0 Å². The molecule has 4 heterocycles. The summed E-state index contributed by atoms with van der Waals surface area (Å²) in [5.74, 6) is -5.88. The molecule has 2 fully saturated rings. The smallest absolute Gasteiger partial charge is 0.407 e. The van der Waals surface area contributed by atoms with Crippen LogP contribution in [0.25, 0.3) is 0 Å². The van der Waals surface area contributed by atoms with Gasteiger partial charge >= 0.3 is 18.0 Å². The largest absolute Gasteiger partial charge is 0.444 e. The number of methoxy groups -OCH3 is 1. The molecule has 2 aliphatic rings. The van der Waals surface area contributed by atoms with Gasteiger partial charge < -0.3 is 34.0 Å². The maximum atomic E-state index is 14.9. The number of anilines is 2. The van der Waals surface area contributed by atoms with Crippen molar-refractivity contribution in [2.45, 2.75) is 70.1 Å². The lowest BCUT2D eigenvalue weighted by Crippen LogP contribution is -2.48. The van der Waals surface area contributed by atoms with Crippen LogP contribution in [0.5, 0.6) is 0 Å². The lowest BCUT2D eigenvalue weighted by atomic mass is 9.94. The molecule has 266 valence electrons. The molecule has 2 amide bonds. The summed E-state index contributed by atoms with van der Waals surface area (Å²) < 4.78 is 72.0. The van der Waals surface area contributed by atoms with Gasteiger partial charge in [0.2, 0.25) is 11.8 Å². The molecule has 2 aromatic heterocycles. The van der Waals surface area contributed by atoms with E-state index in [1.807, 2.05) is 0 Å². The predicted octanol–water partition coefficient (Wildman–Crippen LogP) is 4.50. The first-order chi connectivity index (χ1) is 23.1. The summed E-state index contributed by atoms with van der Waals surface area (Å²) in [6.45, 7) is 7.54. The Morgan fingerprint density at radius 2 is 1.76 bits per heavy atom. The number of amides is 2. The Labute approximate surface area is 280 Å². The quantitative estimate of drug-likeness (QED) is 0.301. The monoisotopic (exact) mass is 692 g/mol. The van der Waals surface area contributed by atoms with Gasteiger partial charge in [-0.3, -0.25) is 4.79 Å². The molecule has 0 bridgehead atoms. The molecular formula is C32H40F4N8O5. The van der Waals surface area contributed by atoms with Crippen LogP contribution in [0.1, 0.15) is 68.2 Å². The fourth-order valence-corrected chi connectivity index (χ4v) is 5.98. The van der Waals surface area contributed by atoms with Crippen molar-refractivity contribution in [1.82, 2.24) is 30.3 Å². The van der Waals surface area contributed by atoms with E-state index >= 15 is 0 Å². The van der Waals surface area contributed by atoms with Crippen molar-refractivity contribution < 1.29 is 41.1 Å².